The highest BCUT2D eigenvalue weighted by atomic mass is 32.1. The molecule has 1 aromatic heterocycles. The summed E-state index contributed by atoms with van der Waals surface area (Å²) in [6.45, 7) is 4.20. The Hall–Kier alpha value is -0.980. The molecule has 2 N–H and O–H groups in total. The SMILES string of the molecule is O=C(Nc1nc(CN2CCCCC2)cs1)C1CCCN1. The molecule has 110 valence electrons. The van der Waals surface area contributed by atoms with Gasteiger partial charge in [-0.3, -0.25) is 9.69 Å². The summed E-state index contributed by atoms with van der Waals surface area (Å²) in [6, 6.07) is -0.0376. The average Bonchev–Trinajstić information content (AvgIpc) is 3.11. The number of anilines is 1. The van der Waals surface area contributed by atoms with Crippen LogP contribution >= 0.6 is 11.3 Å². The molecule has 2 fully saturated rings. The van der Waals surface area contributed by atoms with E-state index in [9.17, 15) is 4.79 Å². The number of hydrogen-bond acceptors (Lipinski definition) is 5. The summed E-state index contributed by atoms with van der Waals surface area (Å²) in [4.78, 5) is 19.0. The number of nitrogens with one attached hydrogen (secondary N) is 2. The molecule has 20 heavy (non-hydrogen) atoms. The van der Waals surface area contributed by atoms with E-state index in [0.29, 0.717) is 0 Å². The van der Waals surface area contributed by atoms with Crippen LogP contribution in [0.1, 0.15) is 37.8 Å². The number of carbonyl (C=O) groups is 1. The minimum Gasteiger partial charge on any atom is -0.306 e. The van der Waals surface area contributed by atoms with Crippen molar-refractivity contribution < 1.29 is 4.79 Å². The van der Waals surface area contributed by atoms with Gasteiger partial charge < -0.3 is 10.6 Å². The van der Waals surface area contributed by atoms with E-state index in [2.05, 4.69) is 25.9 Å². The fourth-order valence-electron chi connectivity index (χ4n) is 2.88. The first-order valence-electron chi connectivity index (χ1n) is 7.52. The number of nitrogens with zero attached hydrogens (tertiary/aromatic N) is 2. The van der Waals surface area contributed by atoms with Crippen LogP contribution in [0.25, 0.3) is 0 Å². The summed E-state index contributed by atoms with van der Waals surface area (Å²) >= 11 is 1.53. The first-order valence-corrected chi connectivity index (χ1v) is 8.40. The summed E-state index contributed by atoms with van der Waals surface area (Å²) < 4.78 is 0. The number of likely N-dealkylation sites (tertiary alicyclic amines) is 1. The molecule has 2 aliphatic rings. The first kappa shape index (κ1) is 14.0. The van der Waals surface area contributed by atoms with Crippen molar-refractivity contribution >= 4 is 22.4 Å². The topological polar surface area (TPSA) is 57.3 Å². The van der Waals surface area contributed by atoms with E-state index < -0.39 is 0 Å². The first-order chi connectivity index (χ1) is 9.81. The summed E-state index contributed by atoms with van der Waals surface area (Å²) in [7, 11) is 0. The largest absolute Gasteiger partial charge is 0.306 e. The van der Waals surface area contributed by atoms with Crippen molar-refractivity contribution in [3.63, 3.8) is 0 Å². The van der Waals surface area contributed by atoms with E-state index in [-0.39, 0.29) is 11.9 Å². The number of carbonyl (C=O) groups excluding carboxylic acids is 1. The zero-order valence-corrected chi connectivity index (χ0v) is 12.5. The molecule has 2 saturated heterocycles. The molecule has 2 aliphatic heterocycles. The molecule has 0 aromatic carbocycles. The molecule has 0 spiro atoms. The van der Waals surface area contributed by atoms with Gasteiger partial charge in [-0.1, -0.05) is 6.42 Å². The molecule has 6 heteroatoms. The minimum atomic E-state index is -0.0376. The second-order valence-electron chi connectivity index (χ2n) is 5.62. The highest BCUT2D eigenvalue weighted by Crippen LogP contribution is 2.19. The zero-order chi connectivity index (χ0) is 13.8. The van der Waals surface area contributed by atoms with Gasteiger partial charge in [0.05, 0.1) is 11.7 Å². The molecular weight excluding hydrogens is 272 g/mol. The highest BCUT2D eigenvalue weighted by Gasteiger charge is 2.22. The summed E-state index contributed by atoms with van der Waals surface area (Å²) in [5.41, 5.74) is 1.08. The van der Waals surface area contributed by atoms with E-state index in [1.807, 2.05) is 0 Å². The van der Waals surface area contributed by atoms with Gasteiger partial charge in [0.15, 0.2) is 5.13 Å². The lowest BCUT2D eigenvalue weighted by Crippen LogP contribution is -2.35. The van der Waals surface area contributed by atoms with Gasteiger partial charge >= 0.3 is 0 Å². The highest BCUT2D eigenvalue weighted by molar-refractivity contribution is 7.13. The summed E-state index contributed by atoms with van der Waals surface area (Å²) in [6.07, 6.45) is 5.94. The Morgan fingerprint density at radius 2 is 2.25 bits per heavy atom. The molecule has 0 aliphatic carbocycles. The third kappa shape index (κ3) is 3.56. The van der Waals surface area contributed by atoms with E-state index in [1.54, 1.807) is 0 Å². The van der Waals surface area contributed by atoms with Gasteiger partial charge in [-0.2, -0.15) is 0 Å². The van der Waals surface area contributed by atoms with Crippen molar-refractivity contribution in [1.82, 2.24) is 15.2 Å². The predicted molar refractivity (Wildman–Crippen MR) is 80.9 cm³/mol. The van der Waals surface area contributed by atoms with E-state index in [0.717, 1.165) is 36.8 Å². The van der Waals surface area contributed by atoms with Gasteiger partial charge in [-0.05, 0) is 45.3 Å². The molecule has 3 rings (SSSR count). The lowest BCUT2D eigenvalue weighted by atomic mass is 10.1. The van der Waals surface area contributed by atoms with Gasteiger partial charge in [-0.25, -0.2) is 4.98 Å². The lowest BCUT2D eigenvalue weighted by molar-refractivity contribution is -0.117. The van der Waals surface area contributed by atoms with Gasteiger partial charge in [-0.15, -0.1) is 11.3 Å². The Morgan fingerprint density at radius 3 is 3.00 bits per heavy atom. The summed E-state index contributed by atoms with van der Waals surface area (Å²) in [5, 5.41) is 8.93. The standard InChI is InChI=1S/C14H22N4OS/c19-13(12-5-4-6-15-12)17-14-16-11(10-20-14)9-18-7-2-1-3-8-18/h10,12,15H,1-9H2,(H,16,17,19). The van der Waals surface area contributed by atoms with Crippen molar-refractivity contribution in [2.45, 2.75) is 44.7 Å². The second-order valence-corrected chi connectivity index (χ2v) is 6.48. The number of aromatic nitrogens is 1. The fourth-order valence-corrected chi connectivity index (χ4v) is 3.59. The lowest BCUT2D eigenvalue weighted by Gasteiger charge is -2.25. The van der Waals surface area contributed by atoms with Crippen molar-refractivity contribution in [3.8, 4) is 0 Å². The predicted octanol–water partition coefficient (Wildman–Crippen LogP) is 1.82. The number of thiazole rings is 1. The number of rotatable bonds is 4. The van der Waals surface area contributed by atoms with Gasteiger partial charge in [0, 0.05) is 11.9 Å². The molecular formula is C14H22N4OS. The van der Waals surface area contributed by atoms with Gasteiger partial charge in [0.1, 0.15) is 0 Å². The maximum Gasteiger partial charge on any atom is 0.243 e. The number of piperidine rings is 1. The summed E-state index contributed by atoms with van der Waals surface area (Å²) in [5.74, 6) is 0.0568. The minimum absolute atomic E-state index is 0.0376. The van der Waals surface area contributed by atoms with E-state index in [4.69, 9.17) is 0 Å². The second kappa shape index (κ2) is 6.65. The molecule has 0 radical (unpaired) electrons. The molecule has 0 saturated carbocycles. The van der Waals surface area contributed by atoms with Gasteiger partial charge in [0.25, 0.3) is 0 Å². The third-order valence-corrected chi connectivity index (χ3v) is 4.80. The van der Waals surface area contributed by atoms with Crippen molar-refractivity contribution in [2.24, 2.45) is 0 Å². The van der Waals surface area contributed by atoms with Crippen LogP contribution in [0.2, 0.25) is 0 Å². The van der Waals surface area contributed by atoms with Gasteiger partial charge in [0.2, 0.25) is 5.91 Å². The van der Waals surface area contributed by atoms with Crippen LogP contribution in [0.4, 0.5) is 5.13 Å². The van der Waals surface area contributed by atoms with Crippen LogP contribution < -0.4 is 10.6 Å². The van der Waals surface area contributed by atoms with Crippen LogP contribution in [-0.2, 0) is 11.3 Å². The Kier molecular flexibility index (Phi) is 4.65. The van der Waals surface area contributed by atoms with Crippen LogP contribution in [0.15, 0.2) is 5.38 Å². The Bertz CT molecular complexity index is 450. The molecule has 5 nitrogen and oxygen atoms in total. The maximum atomic E-state index is 12.0. The number of amides is 1. The number of hydrogen-bond donors (Lipinski definition) is 2. The van der Waals surface area contributed by atoms with Crippen LogP contribution in [0.3, 0.4) is 0 Å². The third-order valence-electron chi connectivity index (χ3n) is 3.99. The molecule has 0 bridgehead atoms. The molecule has 1 aromatic rings. The normalized spacial score (nSPS) is 23.9. The van der Waals surface area contributed by atoms with Crippen LogP contribution in [0.5, 0.6) is 0 Å². The van der Waals surface area contributed by atoms with E-state index in [1.165, 1.54) is 43.7 Å². The molecule has 1 atom stereocenters. The van der Waals surface area contributed by atoms with Crippen molar-refractivity contribution in [2.75, 3.05) is 25.0 Å². The Balaban J connectivity index is 1.52. The smallest absolute Gasteiger partial charge is 0.243 e. The molecule has 3 heterocycles. The molecule has 1 amide bonds. The quantitative estimate of drug-likeness (QED) is 0.889. The maximum absolute atomic E-state index is 12.0. The van der Waals surface area contributed by atoms with E-state index >= 15 is 0 Å². The average molecular weight is 294 g/mol. The Labute approximate surface area is 123 Å². The van der Waals surface area contributed by atoms with Crippen LogP contribution in [-0.4, -0.2) is 41.5 Å². The van der Waals surface area contributed by atoms with Crippen molar-refractivity contribution in [1.29, 1.82) is 0 Å². The molecule has 1 unspecified atom stereocenters. The Morgan fingerprint density at radius 1 is 1.40 bits per heavy atom. The van der Waals surface area contributed by atoms with Crippen LogP contribution in [0, 0.1) is 0 Å². The fraction of sp³-hybridized carbons (Fsp3) is 0.714. The monoisotopic (exact) mass is 294 g/mol. The zero-order valence-electron chi connectivity index (χ0n) is 11.7. The van der Waals surface area contributed by atoms with Crippen molar-refractivity contribution in [3.05, 3.63) is 11.1 Å².